The zero-order valence-corrected chi connectivity index (χ0v) is 13.7. The van der Waals surface area contributed by atoms with Crippen LogP contribution in [-0.4, -0.2) is 17.8 Å². The normalized spacial score (nSPS) is 18.7. The predicted molar refractivity (Wildman–Crippen MR) is 90.1 cm³/mol. The van der Waals surface area contributed by atoms with Crippen LogP contribution in [0.3, 0.4) is 0 Å². The van der Waals surface area contributed by atoms with Gasteiger partial charge in [-0.15, -0.1) is 0 Å². The van der Waals surface area contributed by atoms with Crippen molar-refractivity contribution in [1.29, 1.82) is 0 Å². The Morgan fingerprint density at radius 1 is 1.30 bits per heavy atom. The van der Waals surface area contributed by atoms with Crippen molar-refractivity contribution in [2.24, 2.45) is 5.41 Å². The number of halogens is 1. The largest absolute Gasteiger partial charge is 0.493 e. The summed E-state index contributed by atoms with van der Waals surface area (Å²) in [4.78, 5) is 11.1. The number of carboxylic acid groups (broad SMARTS) is 1. The van der Waals surface area contributed by atoms with Crippen LogP contribution in [0.2, 0.25) is 5.02 Å². The maximum Gasteiger partial charge on any atom is 0.405 e. The van der Waals surface area contributed by atoms with Crippen LogP contribution in [0.15, 0.2) is 42.5 Å². The lowest BCUT2D eigenvalue weighted by Crippen LogP contribution is -2.43. The van der Waals surface area contributed by atoms with Crippen molar-refractivity contribution in [2.45, 2.75) is 19.9 Å². The first-order chi connectivity index (χ1) is 10.9. The Bertz CT molecular complexity index is 758. The van der Waals surface area contributed by atoms with Gasteiger partial charge < -0.3 is 15.2 Å². The van der Waals surface area contributed by atoms with Crippen molar-refractivity contribution in [3.05, 3.63) is 53.1 Å². The predicted octanol–water partition coefficient (Wildman–Crippen LogP) is 4.73. The Balaban J connectivity index is 2.04. The van der Waals surface area contributed by atoms with Gasteiger partial charge in [-0.2, -0.15) is 0 Å². The number of amides is 1. The second-order valence-corrected chi connectivity index (χ2v) is 6.80. The zero-order valence-electron chi connectivity index (χ0n) is 13.0. The fraction of sp³-hybridized carbons (Fsp3) is 0.278. The summed E-state index contributed by atoms with van der Waals surface area (Å²) in [6.07, 6.45) is -1.04. The van der Waals surface area contributed by atoms with Gasteiger partial charge in [-0.25, -0.2) is 4.79 Å². The van der Waals surface area contributed by atoms with Gasteiger partial charge in [0.25, 0.3) is 0 Å². The van der Waals surface area contributed by atoms with Crippen LogP contribution < -0.4 is 10.1 Å². The first-order valence-electron chi connectivity index (χ1n) is 7.39. The molecule has 4 nitrogen and oxygen atoms in total. The van der Waals surface area contributed by atoms with E-state index < -0.39 is 6.09 Å². The molecule has 3 rings (SSSR count). The summed E-state index contributed by atoms with van der Waals surface area (Å²) < 4.78 is 5.88. The van der Waals surface area contributed by atoms with E-state index in [9.17, 15) is 4.79 Å². The summed E-state index contributed by atoms with van der Waals surface area (Å²) in [5, 5.41) is 12.4. The van der Waals surface area contributed by atoms with E-state index in [1.54, 1.807) is 0 Å². The Labute approximate surface area is 140 Å². The van der Waals surface area contributed by atoms with E-state index >= 15 is 0 Å². The molecule has 120 valence electrons. The molecule has 2 aromatic rings. The molecule has 0 aromatic heterocycles. The van der Waals surface area contributed by atoms with Crippen molar-refractivity contribution in [3.63, 3.8) is 0 Å². The van der Waals surface area contributed by atoms with Gasteiger partial charge in [-0.1, -0.05) is 55.8 Å². The van der Waals surface area contributed by atoms with E-state index in [1.807, 2.05) is 56.3 Å². The first kappa shape index (κ1) is 15.7. The molecular formula is C18H18ClNO3. The summed E-state index contributed by atoms with van der Waals surface area (Å²) in [5.41, 5.74) is 2.40. The highest BCUT2D eigenvalue weighted by Gasteiger charge is 2.38. The number of benzene rings is 2. The average molecular weight is 332 g/mol. The molecule has 1 aliphatic heterocycles. The minimum Gasteiger partial charge on any atom is -0.493 e. The van der Waals surface area contributed by atoms with Gasteiger partial charge >= 0.3 is 6.09 Å². The fourth-order valence-electron chi connectivity index (χ4n) is 2.93. The highest BCUT2D eigenvalue weighted by molar-refractivity contribution is 6.33. The summed E-state index contributed by atoms with van der Waals surface area (Å²) in [6, 6.07) is 13.1. The molecule has 0 bridgehead atoms. The van der Waals surface area contributed by atoms with Crippen LogP contribution >= 0.6 is 11.6 Å². The standard InChI is InChI=1S/C18H18ClNO3/c1-18(2)10-23-15-9-11(12-5-3-4-6-14(12)19)7-8-13(15)16(18)20-17(21)22/h3-9,16,20H,10H2,1-2H3,(H,21,22). The summed E-state index contributed by atoms with van der Waals surface area (Å²) >= 11 is 6.25. The van der Waals surface area contributed by atoms with Crippen molar-refractivity contribution >= 4 is 17.7 Å². The van der Waals surface area contributed by atoms with Crippen LogP contribution in [0.25, 0.3) is 11.1 Å². The molecule has 0 saturated heterocycles. The van der Waals surface area contributed by atoms with Crippen molar-refractivity contribution < 1.29 is 14.6 Å². The minimum atomic E-state index is -1.04. The van der Waals surface area contributed by atoms with Crippen LogP contribution in [0.4, 0.5) is 4.79 Å². The molecule has 0 saturated carbocycles. The molecular weight excluding hydrogens is 314 g/mol. The lowest BCUT2D eigenvalue weighted by atomic mass is 9.78. The molecule has 23 heavy (non-hydrogen) atoms. The number of rotatable bonds is 2. The van der Waals surface area contributed by atoms with Gasteiger partial charge in [0.2, 0.25) is 0 Å². The smallest absolute Gasteiger partial charge is 0.405 e. The lowest BCUT2D eigenvalue weighted by molar-refractivity contribution is 0.0996. The zero-order chi connectivity index (χ0) is 16.6. The van der Waals surface area contributed by atoms with Crippen LogP contribution in [0, 0.1) is 5.41 Å². The second kappa shape index (κ2) is 5.78. The topological polar surface area (TPSA) is 58.6 Å². The quantitative estimate of drug-likeness (QED) is 0.836. The lowest BCUT2D eigenvalue weighted by Gasteiger charge is -2.39. The second-order valence-electron chi connectivity index (χ2n) is 6.39. The van der Waals surface area contributed by atoms with E-state index in [0.717, 1.165) is 16.7 Å². The molecule has 2 aromatic carbocycles. The van der Waals surface area contributed by atoms with Gasteiger partial charge in [0, 0.05) is 21.6 Å². The third-order valence-electron chi connectivity index (χ3n) is 4.16. The fourth-order valence-corrected chi connectivity index (χ4v) is 3.17. The van der Waals surface area contributed by atoms with Crippen LogP contribution in [0.5, 0.6) is 5.75 Å². The highest BCUT2D eigenvalue weighted by atomic mass is 35.5. The number of hydrogen-bond acceptors (Lipinski definition) is 2. The molecule has 0 aliphatic carbocycles. The Hall–Kier alpha value is -2.20. The molecule has 1 amide bonds. The van der Waals surface area contributed by atoms with Gasteiger partial charge in [0.1, 0.15) is 5.75 Å². The molecule has 0 spiro atoms. The maximum atomic E-state index is 11.1. The molecule has 5 heteroatoms. The van der Waals surface area contributed by atoms with E-state index in [2.05, 4.69) is 5.32 Å². The molecule has 1 heterocycles. The highest BCUT2D eigenvalue weighted by Crippen LogP contribution is 2.44. The van der Waals surface area contributed by atoms with E-state index in [-0.39, 0.29) is 11.5 Å². The van der Waals surface area contributed by atoms with Crippen LogP contribution in [-0.2, 0) is 0 Å². The summed E-state index contributed by atoms with van der Waals surface area (Å²) in [5.74, 6) is 0.695. The van der Waals surface area contributed by atoms with Crippen molar-refractivity contribution in [1.82, 2.24) is 5.32 Å². The van der Waals surface area contributed by atoms with Gasteiger partial charge in [0.05, 0.1) is 12.6 Å². The number of hydrogen-bond donors (Lipinski definition) is 2. The molecule has 2 N–H and O–H groups in total. The minimum absolute atomic E-state index is 0.316. The number of ether oxygens (including phenoxy) is 1. The Morgan fingerprint density at radius 3 is 2.74 bits per heavy atom. The van der Waals surface area contributed by atoms with Crippen LogP contribution in [0.1, 0.15) is 25.5 Å². The number of nitrogens with one attached hydrogen (secondary N) is 1. The van der Waals surface area contributed by atoms with E-state index in [1.165, 1.54) is 0 Å². The van der Waals surface area contributed by atoms with E-state index in [4.69, 9.17) is 21.4 Å². The SMILES string of the molecule is CC1(C)COc2cc(-c3ccccc3Cl)ccc2C1NC(=O)O. The first-order valence-corrected chi connectivity index (χ1v) is 7.77. The third-order valence-corrected chi connectivity index (χ3v) is 4.49. The van der Waals surface area contributed by atoms with Crippen molar-refractivity contribution in [3.8, 4) is 16.9 Å². The van der Waals surface area contributed by atoms with Gasteiger partial charge in [-0.05, 0) is 17.7 Å². The molecule has 1 unspecified atom stereocenters. The summed E-state index contributed by atoms with van der Waals surface area (Å²) in [6.45, 7) is 4.41. The van der Waals surface area contributed by atoms with E-state index in [0.29, 0.717) is 17.4 Å². The number of fused-ring (bicyclic) bond motifs is 1. The molecule has 0 radical (unpaired) electrons. The van der Waals surface area contributed by atoms with Gasteiger partial charge in [0.15, 0.2) is 0 Å². The van der Waals surface area contributed by atoms with Gasteiger partial charge in [-0.3, -0.25) is 0 Å². The third kappa shape index (κ3) is 2.99. The molecule has 1 aliphatic rings. The average Bonchev–Trinajstić information content (AvgIpc) is 2.50. The number of carbonyl (C=O) groups is 1. The monoisotopic (exact) mass is 331 g/mol. The Kier molecular flexibility index (Phi) is 3.94. The maximum absolute atomic E-state index is 11.1. The molecule has 0 fully saturated rings. The molecule has 1 atom stereocenters. The van der Waals surface area contributed by atoms with Crippen molar-refractivity contribution in [2.75, 3.05) is 6.61 Å². The summed E-state index contributed by atoms with van der Waals surface area (Å²) in [7, 11) is 0. The Morgan fingerprint density at radius 2 is 2.04 bits per heavy atom.